The van der Waals surface area contributed by atoms with E-state index in [2.05, 4.69) is 5.32 Å². The topological polar surface area (TPSA) is 88.4 Å². The molecular weight excluding hydrogens is 390 g/mol. The predicted molar refractivity (Wildman–Crippen MR) is 108 cm³/mol. The zero-order valence-corrected chi connectivity index (χ0v) is 16.2. The van der Waals surface area contributed by atoms with E-state index in [0.29, 0.717) is 54.1 Å². The number of nitrogens with one attached hydrogen (secondary N) is 1. The van der Waals surface area contributed by atoms with E-state index in [4.69, 9.17) is 28.1 Å². The van der Waals surface area contributed by atoms with Gasteiger partial charge < -0.3 is 33.4 Å². The molecule has 3 aromatic rings. The molecule has 0 spiro atoms. The molecule has 0 saturated carbocycles. The Kier molecular flexibility index (Phi) is 5.06. The maximum atomic E-state index is 11.3. The number of hydrogen-bond acceptors (Lipinski definition) is 8. The molecule has 0 fully saturated rings. The lowest BCUT2D eigenvalue weighted by Gasteiger charge is -2.27. The number of fused-ring (bicyclic) bond motifs is 3. The summed E-state index contributed by atoms with van der Waals surface area (Å²) in [6, 6.07) is 12.2. The Morgan fingerprint density at radius 3 is 2.67 bits per heavy atom. The summed E-state index contributed by atoms with van der Waals surface area (Å²) in [5.74, 6) is 3.38. The van der Waals surface area contributed by atoms with Crippen LogP contribution in [0.5, 0.6) is 28.7 Å². The van der Waals surface area contributed by atoms with Gasteiger partial charge in [0.1, 0.15) is 24.0 Å². The third kappa shape index (κ3) is 3.99. The second-order valence-corrected chi connectivity index (χ2v) is 7.06. The van der Waals surface area contributed by atoms with Gasteiger partial charge in [0.25, 0.3) is 0 Å². The van der Waals surface area contributed by atoms with E-state index >= 15 is 0 Å². The van der Waals surface area contributed by atoms with Gasteiger partial charge in [-0.15, -0.1) is 0 Å². The molecule has 0 radical (unpaired) electrons. The van der Waals surface area contributed by atoms with Crippen LogP contribution in [0.25, 0.3) is 11.0 Å². The SMILES string of the molecule is O=c1ccc2ccc(OCCCNCC3COc4cc5c(cc4O3)OCO5)cc2o1. The molecule has 5 rings (SSSR count). The molecule has 156 valence electrons. The molecule has 2 aliphatic rings. The fourth-order valence-electron chi connectivity index (χ4n) is 3.39. The van der Waals surface area contributed by atoms with Gasteiger partial charge >= 0.3 is 5.63 Å². The van der Waals surface area contributed by atoms with Gasteiger partial charge in [0.15, 0.2) is 23.0 Å². The predicted octanol–water partition coefficient (Wildman–Crippen LogP) is 2.72. The number of rotatable bonds is 7. The highest BCUT2D eigenvalue weighted by molar-refractivity contribution is 5.77. The van der Waals surface area contributed by atoms with Crippen molar-refractivity contribution < 1.29 is 28.1 Å². The van der Waals surface area contributed by atoms with E-state index in [-0.39, 0.29) is 18.5 Å². The minimum atomic E-state index is -0.370. The van der Waals surface area contributed by atoms with E-state index in [1.807, 2.05) is 18.2 Å². The summed E-state index contributed by atoms with van der Waals surface area (Å²) in [7, 11) is 0. The minimum Gasteiger partial charge on any atom is -0.493 e. The Hall–Kier alpha value is -3.39. The third-order valence-electron chi connectivity index (χ3n) is 4.89. The Labute approximate surface area is 172 Å². The summed E-state index contributed by atoms with van der Waals surface area (Å²) >= 11 is 0. The summed E-state index contributed by atoms with van der Waals surface area (Å²) in [5.41, 5.74) is 0.154. The standard InChI is InChI=1S/C22H21NO7/c24-22-5-3-14-2-4-15(8-17(14)30-22)25-7-1-6-23-11-16-12-26-20-9-18-19(28-13-27-18)10-21(20)29-16/h2-5,8-10,16,23H,1,6-7,11-13H2. The minimum absolute atomic E-state index is 0.0813. The molecule has 8 heteroatoms. The van der Waals surface area contributed by atoms with Crippen molar-refractivity contribution in [1.29, 1.82) is 0 Å². The van der Waals surface area contributed by atoms with Crippen molar-refractivity contribution in [1.82, 2.24) is 5.32 Å². The fourth-order valence-corrected chi connectivity index (χ4v) is 3.39. The quantitative estimate of drug-likeness (QED) is 0.469. The summed E-state index contributed by atoms with van der Waals surface area (Å²) < 4.78 is 33.4. The van der Waals surface area contributed by atoms with Crippen LogP contribution in [0, 0.1) is 0 Å². The van der Waals surface area contributed by atoms with Gasteiger partial charge in [-0.1, -0.05) is 0 Å². The number of hydrogen-bond donors (Lipinski definition) is 1. The lowest BCUT2D eigenvalue weighted by molar-refractivity contribution is 0.0899. The largest absolute Gasteiger partial charge is 0.493 e. The molecule has 1 atom stereocenters. The summed E-state index contributed by atoms with van der Waals surface area (Å²) in [6.07, 6.45) is 0.738. The lowest BCUT2D eigenvalue weighted by Crippen LogP contribution is -2.39. The molecule has 1 N–H and O–H groups in total. The first kappa shape index (κ1) is 18.6. The van der Waals surface area contributed by atoms with Crippen molar-refractivity contribution in [2.24, 2.45) is 0 Å². The van der Waals surface area contributed by atoms with E-state index in [1.54, 1.807) is 18.2 Å². The first-order valence-corrected chi connectivity index (χ1v) is 9.85. The van der Waals surface area contributed by atoms with E-state index < -0.39 is 0 Å². The Morgan fingerprint density at radius 1 is 0.967 bits per heavy atom. The smallest absolute Gasteiger partial charge is 0.336 e. The average Bonchev–Trinajstić information content (AvgIpc) is 3.21. The Bertz CT molecular complexity index is 1110. The van der Waals surface area contributed by atoms with Crippen LogP contribution in [0.2, 0.25) is 0 Å². The molecule has 2 aliphatic heterocycles. The molecule has 30 heavy (non-hydrogen) atoms. The van der Waals surface area contributed by atoms with Gasteiger partial charge in [0, 0.05) is 36.2 Å². The van der Waals surface area contributed by atoms with Crippen LogP contribution in [-0.2, 0) is 0 Å². The molecule has 1 aromatic heterocycles. The van der Waals surface area contributed by atoms with Crippen LogP contribution in [0.4, 0.5) is 0 Å². The number of benzene rings is 2. The van der Waals surface area contributed by atoms with E-state index in [0.717, 1.165) is 18.4 Å². The second-order valence-electron chi connectivity index (χ2n) is 7.06. The van der Waals surface area contributed by atoms with Crippen molar-refractivity contribution in [3.8, 4) is 28.7 Å². The van der Waals surface area contributed by atoms with Crippen LogP contribution in [0.3, 0.4) is 0 Å². The van der Waals surface area contributed by atoms with Crippen LogP contribution in [0.1, 0.15) is 6.42 Å². The first-order valence-electron chi connectivity index (χ1n) is 9.85. The molecule has 0 bridgehead atoms. The average molecular weight is 411 g/mol. The van der Waals surface area contributed by atoms with Crippen LogP contribution < -0.4 is 34.6 Å². The Balaban J connectivity index is 1.05. The van der Waals surface area contributed by atoms with Gasteiger partial charge in [-0.3, -0.25) is 0 Å². The third-order valence-corrected chi connectivity index (χ3v) is 4.89. The van der Waals surface area contributed by atoms with Crippen molar-refractivity contribution in [2.45, 2.75) is 12.5 Å². The zero-order valence-electron chi connectivity index (χ0n) is 16.2. The molecule has 8 nitrogen and oxygen atoms in total. The molecule has 0 saturated heterocycles. The first-order chi connectivity index (χ1) is 14.7. The van der Waals surface area contributed by atoms with Crippen molar-refractivity contribution in [3.63, 3.8) is 0 Å². The van der Waals surface area contributed by atoms with Crippen LogP contribution in [-0.4, -0.2) is 39.2 Å². The van der Waals surface area contributed by atoms with Crippen molar-refractivity contribution >= 4 is 11.0 Å². The summed E-state index contributed by atoms with van der Waals surface area (Å²) in [4.78, 5) is 11.3. The highest BCUT2D eigenvalue weighted by Crippen LogP contribution is 2.43. The monoisotopic (exact) mass is 411 g/mol. The van der Waals surface area contributed by atoms with Gasteiger partial charge in [-0.05, 0) is 31.2 Å². The van der Waals surface area contributed by atoms with Crippen molar-refractivity contribution in [3.05, 3.63) is 52.9 Å². The Morgan fingerprint density at radius 2 is 1.77 bits per heavy atom. The van der Waals surface area contributed by atoms with E-state index in [9.17, 15) is 4.79 Å². The molecule has 0 aliphatic carbocycles. The maximum Gasteiger partial charge on any atom is 0.336 e. The van der Waals surface area contributed by atoms with Crippen LogP contribution >= 0.6 is 0 Å². The highest BCUT2D eigenvalue weighted by atomic mass is 16.7. The van der Waals surface area contributed by atoms with Gasteiger partial charge in [-0.25, -0.2) is 4.79 Å². The second kappa shape index (κ2) is 8.16. The fraction of sp³-hybridized carbons (Fsp3) is 0.318. The van der Waals surface area contributed by atoms with Crippen LogP contribution in [0.15, 0.2) is 51.7 Å². The van der Waals surface area contributed by atoms with Crippen molar-refractivity contribution in [2.75, 3.05) is 33.1 Å². The lowest BCUT2D eigenvalue weighted by atomic mass is 10.2. The molecule has 2 aromatic carbocycles. The normalized spacial score (nSPS) is 16.6. The van der Waals surface area contributed by atoms with Gasteiger partial charge in [0.05, 0.1) is 6.61 Å². The van der Waals surface area contributed by atoms with Gasteiger partial charge in [-0.2, -0.15) is 0 Å². The molecule has 3 heterocycles. The molecule has 0 amide bonds. The maximum absolute atomic E-state index is 11.3. The van der Waals surface area contributed by atoms with Gasteiger partial charge in [0.2, 0.25) is 6.79 Å². The molecular formula is C22H21NO7. The summed E-state index contributed by atoms with van der Waals surface area (Å²) in [5, 5.41) is 4.23. The van der Waals surface area contributed by atoms with E-state index in [1.165, 1.54) is 6.07 Å². The summed E-state index contributed by atoms with van der Waals surface area (Å²) in [6.45, 7) is 2.67. The highest BCUT2D eigenvalue weighted by Gasteiger charge is 2.25. The zero-order chi connectivity index (χ0) is 20.3. The number of ether oxygens (including phenoxy) is 5. The molecule has 1 unspecified atom stereocenters.